The number of Topliss-reactive ketones (excluding diaryl/α,β-unsaturated/α-hetero) is 2. The zero-order valence-electron chi connectivity index (χ0n) is 12.7. The zero-order chi connectivity index (χ0) is 15.7. The van der Waals surface area contributed by atoms with Crippen molar-refractivity contribution >= 4 is 11.6 Å². The summed E-state index contributed by atoms with van der Waals surface area (Å²) in [7, 11) is 0. The van der Waals surface area contributed by atoms with E-state index in [0.29, 0.717) is 11.3 Å². The van der Waals surface area contributed by atoms with Gasteiger partial charge in [0.25, 0.3) is 0 Å². The van der Waals surface area contributed by atoms with Gasteiger partial charge in [-0.2, -0.15) is 0 Å². The molecule has 2 aromatic heterocycles. The molecule has 0 spiro atoms. The maximum atomic E-state index is 12.7. The van der Waals surface area contributed by atoms with Gasteiger partial charge in [0, 0.05) is 36.6 Å². The molecule has 3 rings (SSSR count). The molecule has 0 saturated heterocycles. The third-order valence-corrected chi connectivity index (χ3v) is 4.24. The van der Waals surface area contributed by atoms with Crippen molar-refractivity contribution in [2.24, 2.45) is 0 Å². The molecular weight excluding hydrogens is 278 g/mol. The van der Waals surface area contributed by atoms with Gasteiger partial charge < -0.3 is 10.3 Å². The summed E-state index contributed by atoms with van der Waals surface area (Å²) in [6.07, 6.45) is 5.29. The van der Waals surface area contributed by atoms with Gasteiger partial charge >= 0.3 is 0 Å². The van der Waals surface area contributed by atoms with Crippen molar-refractivity contribution in [3.63, 3.8) is 0 Å². The fourth-order valence-corrected chi connectivity index (χ4v) is 3.14. The van der Waals surface area contributed by atoms with Gasteiger partial charge in [-0.05, 0) is 36.7 Å². The molecule has 0 bridgehead atoms. The number of carbonyl (C=O) groups excluding carboxylic acids is 2. The van der Waals surface area contributed by atoms with E-state index < -0.39 is 5.92 Å². The number of fused-ring (bicyclic) bond motifs is 1. The summed E-state index contributed by atoms with van der Waals surface area (Å²) in [6, 6.07) is 3.72. The zero-order valence-corrected chi connectivity index (χ0v) is 12.7. The van der Waals surface area contributed by atoms with Gasteiger partial charge in [-0.25, -0.2) is 0 Å². The van der Waals surface area contributed by atoms with E-state index in [9.17, 15) is 9.59 Å². The van der Waals surface area contributed by atoms with Gasteiger partial charge in [0.1, 0.15) is 0 Å². The maximum Gasteiger partial charge on any atom is 0.180 e. The highest BCUT2D eigenvalue weighted by atomic mass is 16.1. The number of H-pyrrole nitrogens is 1. The van der Waals surface area contributed by atoms with Crippen molar-refractivity contribution in [3.05, 3.63) is 53.1 Å². The van der Waals surface area contributed by atoms with Crippen molar-refractivity contribution in [1.29, 1.82) is 0 Å². The second-order valence-electron chi connectivity index (χ2n) is 5.59. The average Bonchev–Trinajstić information content (AvgIpc) is 3.02. The van der Waals surface area contributed by atoms with Crippen molar-refractivity contribution in [2.75, 3.05) is 6.54 Å². The van der Waals surface area contributed by atoms with Crippen molar-refractivity contribution in [3.8, 4) is 0 Å². The summed E-state index contributed by atoms with van der Waals surface area (Å²) in [5, 5.41) is 3.35. The van der Waals surface area contributed by atoms with Crippen LogP contribution in [0.4, 0.5) is 0 Å². The predicted molar refractivity (Wildman–Crippen MR) is 83.1 cm³/mol. The largest absolute Gasteiger partial charge is 0.358 e. The number of carbonyl (C=O) groups is 2. The summed E-state index contributed by atoms with van der Waals surface area (Å²) in [5.74, 6) is -0.468. The number of aromatic amines is 1. The van der Waals surface area contributed by atoms with Crippen LogP contribution >= 0.6 is 0 Å². The molecule has 2 aromatic rings. The van der Waals surface area contributed by atoms with E-state index in [1.165, 1.54) is 0 Å². The molecule has 5 heteroatoms. The molecule has 0 aromatic carbocycles. The minimum Gasteiger partial charge on any atom is -0.358 e. The lowest BCUT2D eigenvalue weighted by atomic mass is 9.79. The van der Waals surface area contributed by atoms with Gasteiger partial charge in [0.15, 0.2) is 11.6 Å². The molecule has 2 unspecified atom stereocenters. The van der Waals surface area contributed by atoms with Crippen molar-refractivity contribution in [2.45, 2.75) is 32.2 Å². The van der Waals surface area contributed by atoms with Crippen LogP contribution in [-0.4, -0.2) is 28.1 Å². The molecule has 2 heterocycles. The first kappa shape index (κ1) is 14.7. The number of nitrogens with one attached hydrogen (secondary N) is 2. The van der Waals surface area contributed by atoms with Crippen LogP contribution in [0.1, 0.15) is 64.2 Å². The highest BCUT2D eigenvalue weighted by Gasteiger charge is 2.36. The summed E-state index contributed by atoms with van der Waals surface area (Å²) in [5.41, 5.74) is 2.81. The molecule has 0 fully saturated rings. The number of nitrogens with zero attached hydrogens (tertiary/aromatic N) is 1. The van der Waals surface area contributed by atoms with Gasteiger partial charge in [-0.3, -0.25) is 14.6 Å². The second kappa shape index (κ2) is 5.85. The van der Waals surface area contributed by atoms with E-state index in [0.717, 1.165) is 17.7 Å². The molecule has 0 amide bonds. The van der Waals surface area contributed by atoms with Gasteiger partial charge in [0.05, 0.1) is 11.6 Å². The topological polar surface area (TPSA) is 74.8 Å². The molecule has 0 aliphatic heterocycles. The number of hydrogen-bond acceptors (Lipinski definition) is 4. The molecule has 114 valence electrons. The average molecular weight is 297 g/mol. The Morgan fingerprint density at radius 2 is 2.23 bits per heavy atom. The Hall–Kier alpha value is -2.27. The predicted octanol–water partition coefficient (Wildman–Crippen LogP) is 2.63. The van der Waals surface area contributed by atoms with E-state index in [2.05, 4.69) is 22.2 Å². The summed E-state index contributed by atoms with van der Waals surface area (Å²) in [4.78, 5) is 32.0. The smallest absolute Gasteiger partial charge is 0.180 e. The molecule has 22 heavy (non-hydrogen) atoms. The molecule has 2 N–H and O–H groups in total. The van der Waals surface area contributed by atoms with Crippen LogP contribution in [0.15, 0.2) is 30.7 Å². The minimum atomic E-state index is -0.444. The van der Waals surface area contributed by atoms with Gasteiger partial charge in [-0.15, -0.1) is 0 Å². The Kier molecular flexibility index (Phi) is 3.90. The van der Waals surface area contributed by atoms with Crippen LogP contribution in [0.3, 0.4) is 0 Å². The molecule has 0 radical (unpaired) electrons. The molecule has 1 aliphatic carbocycles. The third kappa shape index (κ3) is 2.37. The van der Waals surface area contributed by atoms with E-state index in [4.69, 9.17) is 0 Å². The monoisotopic (exact) mass is 297 g/mol. The highest BCUT2D eigenvalue weighted by molar-refractivity contribution is 6.16. The minimum absolute atomic E-state index is 0.00574. The van der Waals surface area contributed by atoms with Crippen molar-refractivity contribution in [1.82, 2.24) is 15.3 Å². The first-order valence-electron chi connectivity index (χ1n) is 7.55. The molecule has 5 nitrogen and oxygen atoms in total. The number of pyridine rings is 1. The summed E-state index contributed by atoms with van der Waals surface area (Å²) < 4.78 is 0. The fraction of sp³-hybridized carbons (Fsp3) is 0.353. The maximum absolute atomic E-state index is 12.7. The molecule has 0 saturated carbocycles. The number of rotatable bonds is 4. The SMILES string of the molecule is CCNC(C)c1ccncc1C1CC(=O)c2[nH]ccc2C1=O. The Balaban J connectivity index is 2.02. The van der Waals surface area contributed by atoms with Crippen LogP contribution in [-0.2, 0) is 0 Å². The highest BCUT2D eigenvalue weighted by Crippen LogP contribution is 2.35. The fourth-order valence-electron chi connectivity index (χ4n) is 3.14. The van der Waals surface area contributed by atoms with Crippen LogP contribution in [0.2, 0.25) is 0 Å². The van der Waals surface area contributed by atoms with E-state index >= 15 is 0 Å². The van der Waals surface area contributed by atoms with E-state index in [1.807, 2.05) is 13.0 Å². The third-order valence-electron chi connectivity index (χ3n) is 4.24. The second-order valence-corrected chi connectivity index (χ2v) is 5.59. The number of ketones is 2. The first-order chi connectivity index (χ1) is 10.6. The molecular formula is C17H19N3O2. The lowest BCUT2D eigenvalue weighted by Gasteiger charge is -2.24. The van der Waals surface area contributed by atoms with Crippen molar-refractivity contribution < 1.29 is 9.59 Å². The lowest BCUT2D eigenvalue weighted by molar-refractivity contribution is 0.0862. The summed E-state index contributed by atoms with van der Waals surface area (Å²) in [6.45, 7) is 4.93. The Bertz CT molecular complexity index is 720. The molecule has 1 aliphatic rings. The van der Waals surface area contributed by atoms with Crippen LogP contribution in [0.5, 0.6) is 0 Å². The first-order valence-corrected chi connectivity index (χ1v) is 7.55. The standard InChI is InChI=1S/C17H19N3O2/c1-3-19-10(2)11-4-6-18-9-14(11)13-8-15(21)16-12(17(13)22)5-7-20-16/h4-7,9-10,13,19-20H,3,8H2,1-2H3. The van der Waals surface area contributed by atoms with Crippen LogP contribution in [0, 0.1) is 0 Å². The number of aromatic nitrogens is 2. The van der Waals surface area contributed by atoms with Gasteiger partial charge in [0.2, 0.25) is 0 Å². The number of hydrogen-bond donors (Lipinski definition) is 2. The Morgan fingerprint density at radius 3 is 3.00 bits per heavy atom. The van der Waals surface area contributed by atoms with E-state index in [1.54, 1.807) is 24.7 Å². The van der Waals surface area contributed by atoms with Gasteiger partial charge in [-0.1, -0.05) is 6.92 Å². The molecule has 2 atom stereocenters. The van der Waals surface area contributed by atoms with Crippen LogP contribution < -0.4 is 5.32 Å². The summed E-state index contributed by atoms with van der Waals surface area (Å²) >= 11 is 0. The Morgan fingerprint density at radius 1 is 1.41 bits per heavy atom. The quantitative estimate of drug-likeness (QED) is 0.909. The Labute approximate surface area is 129 Å². The normalized spacial score (nSPS) is 19.1. The lowest BCUT2D eigenvalue weighted by Crippen LogP contribution is -2.27. The van der Waals surface area contributed by atoms with Crippen LogP contribution in [0.25, 0.3) is 0 Å². The van der Waals surface area contributed by atoms with E-state index in [-0.39, 0.29) is 24.0 Å².